The summed E-state index contributed by atoms with van der Waals surface area (Å²) in [4.78, 5) is 24.2. The molecule has 2 aromatic rings. The average Bonchev–Trinajstić information content (AvgIpc) is 3.12. The van der Waals surface area contributed by atoms with E-state index in [0.29, 0.717) is 12.1 Å². The molecule has 2 heterocycles. The molecule has 0 saturated carbocycles. The second kappa shape index (κ2) is 7.70. The largest absolute Gasteiger partial charge is 0.348 e. The predicted octanol–water partition coefficient (Wildman–Crippen LogP) is 0.897. The van der Waals surface area contributed by atoms with Crippen LogP contribution in [0.3, 0.4) is 0 Å². The second-order valence-electron chi connectivity index (χ2n) is 7.19. The SMILES string of the molecule is CC1(NC(=O)Cn2cc(NC(=O)Cc3ccccc3F)cn2)CCS(=O)(=O)C1. The molecule has 28 heavy (non-hydrogen) atoms. The molecule has 1 aliphatic heterocycles. The Hall–Kier alpha value is -2.75. The third-order valence-corrected chi connectivity index (χ3v) is 6.38. The van der Waals surface area contributed by atoms with Crippen LogP contribution in [0, 0.1) is 5.82 Å². The summed E-state index contributed by atoms with van der Waals surface area (Å²) in [5, 5.41) is 9.35. The van der Waals surface area contributed by atoms with E-state index in [2.05, 4.69) is 15.7 Å². The highest BCUT2D eigenvalue weighted by atomic mass is 32.2. The van der Waals surface area contributed by atoms with Gasteiger partial charge in [0.05, 0.1) is 35.3 Å². The zero-order valence-electron chi connectivity index (χ0n) is 15.3. The first-order valence-corrected chi connectivity index (χ1v) is 10.5. The highest BCUT2D eigenvalue weighted by molar-refractivity contribution is 7.91. The Kier molecular flexibility index (Phi) is 5.50. The van der Waals surface area contributed by atoms with E-state index in [4.69, 9.17) is 0 Å². The fourth-order valence-electron chi connectivity index (χ4n) is 3.17. The Bertz CT molecular complexity index is 1000. The summed E-state index contributed by atoms with van der Waals surface area (Å²) < 4.78 is 38.2. The molecular weight excluding hydrogens is 387 g/mol. The number of carbonyl (C=O) groups excluding carboxylic acids is 2. The van der Waals surface area contributed by atoms with Crippen molar-refractivity contribution in [2.75, 3.05) is 16.8 Å². The minimum Gasteiger partial charge on any atom is -0.348 e. The van der Waals surface area contributed by atoms with E-state index in [0.717, 1.165) is 0 Å². The number of amides is 2. The summed E-state index contributed by atoms with van der Waals surface area (Å²) in [5.74, 6) is -1.25. The number of sulfone groups is 1. The van der Waals surface area contributed by atoms with Crippen LogP contribution < -0.4 is 10.6 Å². The molecule has 1 aromatic heterocycles. The molecule has 10 heteroatoms. The van der Waals surface area contributed by atoms with Gasteiger partial charge in [-0.15, -0.1) is 0 Å². The standard InChI is InChI=1S/C18H21FN4O4S/c1-18(6-7-28(26,27)12-18)22-17(25)11-23-10-14(9-20-23)21-16(24)8-13-4-2-3-5-15(13)19/h2-5,9-10H,6-8,11-12H2,1H3,(H,21,24)(H,22,25). The summed E-state index contributed by atoms with van der Waals surface area (Å²) in [6.45, 7) is 1.59. The predicted molar refractivity (Wildman–Crippen MR) is 101 cm³/mol. The van der Waals surface area contributed by atoms with Crippen molar-refractivity contribution in [2.45, 2.75) is 31.8 Å². The van der Waals surface area contributed by atoms with Gasteiger partial charge in [-0.2, -0.15) is 5.10 Å². The summed E-state index contributed by atoms with van der Waals surface area (Å²) in [6, 6.07) is 6.02. The highest BCUT2D eigenvalue weighted by Gasteiger charge is 2.39. The van der Waals surface area contributed by atoms with Crippen molar-refractivity contribution in [3.63, 3.8) is 0 Å². The van der Waals surface area contributed by atoms with Crippen molar-refractivity contribution in [3.8, 4) is 0 Å². The minimum absolute atomic E-state index is 0.0593. The molecule has 2 amide bonds. The molecule has 1 aromatic carbocycles. The first kappa shape index (κ1) is 20.0. The van der Waals surface area contributed by atoms with Crippen LogP contribution in [0.5, 0.6) is 0 Å². The number of nitrogens with zero attached hydrogens (tertiary/aromatic N) is 2. The molecule has 150 valence electrons. The van der Waals surface area contributed by atoms with E-state index in [1.807, 2.05) is 0 Å². The lowest BCUT2D eigenvalue weighted by atomic mass is 10.0. The van der Waals surface area contributed by atoms with Gasteiger partial charge in [0.25, 0.3) is 0 Å². The maximum absolute atomic E-state index is 13.6. The van der Waals surface area contributed by atoms with Crippen molar-refractivity contribution < 1.29 is 22.4 Å². The summed E-state index contributed by atoms with van der Waals surface area (Å²) in [7, 11) is -3.12. The first-order valence-electron chi connectivity index (χ1n) is 8.71. The van der Waals surface area contributed by atoms with Crippen LogP contribution in [0.4, 0.5) is 10.1 Å². The van der Waals surface area contributed by atoms with Crippen LogP contribution in [-0.4, -0.2) is 47.1 Å². The third kappa shape index (κ3) is 5.16. The molecular formula is C18H21FN4O4S. The van der Waals surface area contributed by atoms with Crippen LogP contribution in [-0.2, 0) is 32.4 Å². The van der Waals surface area contributed by atoms with Crippen LogP contribution in [0.2, 0.25) is 0 Å². The van der Waals surface area contributed by atoms with Gasteiger partial charge in [0, 0.05) is 6.20 Å². The Balaban J connectivity index is 1.53. The highest BCUT2D eigenvalue weighted by Crippen LogP contribution is 2.22. The van der Waals surface area contributed by atoms with Crippen molar-refractivity contribution in [1.29, 1.82) is 0 Å². The van der Waals surface area contributed by atoms with Crippen molar-refractivity contribution in [1.82, 2.24) is 15.1 Å². The molecule has 0 aliphatic carbocycles. The van der Waals surface area contributed by atoms with Crippen molar-refractivity contribution >= 4 is 27.3 Å². The van der Waals surface area contributed by atoms with E-state index in [1.54, 1.807) is 19.1 Å². The molecule has 0 bridgehead atoms. The molecule has 1 atom stereocenters. The van der Waals surface area contributed by atoms with E-state index in [9.17, 15) is 22.4 Å². The number of aromatic nitrogens is 2. The molecule has 1 unspecified atom stereocenters. The van der Waals surface area contributed by atoms with Gasteiger partial charge in [0.15, 0.2) is 9.84 Å². The molecule has 1 fully saturated rings. The van der Waals surface area contributed by atoms with Crippen LogP contribution >= 0.6 is 0 Å². The molecule has 1 saturated heterocycles. The Morgan fingerprint density at radius 1 is 1.29 bits per heavy atom. The topological polar surface area (TPSA) is 110 Å². The molecule has 3 rings (SSSR count). The number of anilines is 1. The molecule has 8 nitrogen and oxygen atoms in total. The summed E-state index contributed by atoms with van der Waals surface area (Å²) >= 11 is 0. The summed E-state index contributed by atoms with van der Waals surface area (Å²) in [6.07, 6.45) is 3.11. The van der Waals surface area contributed by atoms with Gasteiger partial charge >= 0.3 is 0 Å². The monoisotopic (exact) mass is 408 g/mol. The lowest BCUT2D eigenvalue weighted by Crippen LogP contribution is -2.48. The Labute approximate surface area is 162 Å². The van der Waals surface area contributed by atoms with Gasteiger partial charge < -0.3 is 10.6 Å². The number of hydrogen-bond acceptors (Lipinski definition) is 5. The fraction of sp³-hybridized carbons (Fsp3) is 0.389. The molecule has 1 aliphatic rings. The zero-order valence-corrected chi connectivity index (χ0v) is 16.1. The lowest BCUT2D eigenvalue weighted by molar-refractivity contribution is -0.123. The molecule has 2 N–H and O–H groups in total. The van der Waals surface area contributed by atoms with E-state index in [1.165, 1.54) is 29.2 Å². The second-order valence-corrected chi connectivity index (χ2v) is 9.38. The smallest absolute Gasteiger partial charge is 0.242 e. The Morgan fingerprint density at radius 2 is 2.04 bits per heavy atom. The average molecular weight is 408 g/mol. The first-order chi connectivity index (χ1) is 13.1. The normalized spacial score (nSPS) is 20.6. The van der Waals surface area contributed by atoms with Crippen molar-refractivity contribution in [2.24, 2.45) is 0 Å². The van der Waals surface area contributed by atoms with Gasteiger partial charge in [-0.05, 0) is 25.0 Å². The fourth-order valence-corrected chi connectivity index (χ4v) is 5.26. The number of nitrogens with one attached hydrogen (secondary N) is 2. The number of hydrogen-bond donors (Lipinski definition) is 2. The van der Waals surface area contributed by atoms with E-state index < -0.39 is 27.1 Å². The zero-order chi connectivity index (χ0) is 20.4. The maximum Gasteiger partial charge on any atom is 0.242 e. The van der Waals surface area contributed by atoms with Crippen LogP contribution in [0.25, 0.3) is 0 Å². The molecule has 0 radical (unpaired) electrons. The van der Waals surface area contributed by atoms with Gasteiger partial charge in [-0.25, -0.2) is 12.8 Å². The lowest BCUT2D eigenvalue weighted by Gasteiger charge is -2.23. The summed E-state index contributed by atoms with van der Waals surface area (Å²) in [5.41, 5.74) is -0.116. The minimum atomic E-state index is -3.12. The van der Waals surface area contributed by atoms with Crippen molar-refractivity contribution in [3.05, 3.63) is 48.0 Å². The van der Waals surface area contributed by atoms with E-state index in [-0.39, 0.29) is 35.9 Å². The number of rotatable bonds is 6. The number of halogens is 1. The quantitative estimate of drug-likeness (QED) is 0.738. The van der Waals surface area contributed by atoms with Gasteiger partial charge in [-0.3, -0.25) is 14.3 Å². The van der Waals surface area contributed by atoms with Crippen LogP contribution in [0.1, 0.15) is 18.9 Å². The number of carbonyl (C=O) groups is 2. The maximum atomic E-state index is 13.6. The van der Waals surface area contributed by atoms with Gasteiger partial charge in [0.1, 0.15) is 12.4 Å². The van der Waals surface area contributed by atoms with Crippen LogP contribution in [0.15, 0.2) is 36.7 Å². The van der Waals surface area contributed by atoms with E-state index >= 15 is 0 Å². The molecule has 0 spiro atoms. The Morgan fingerprint density at radius 3 is 2.71 bits per heavy atom. The van der Waals surface area contributed by atoms with Gasteiger partial charge in [0.2, 0.25) is 11.8 Å². The third-order valence-electron chi connectivity index (χ3n) is 4.48. The number of benzene rings is 1. The van der Waals surface area contributed by atoms with Gasteiger partial charge in [-0.1, -0.05) is 18.2 Å².